The Balaban J connectivity index is 2.26. The number of hydrogen-bond donors (Lipinski definition) is 1. The molecule has 2 fully saturated rings. The van der Waals surface area contributed by atoms with E-state index in [0.717, 1.165) is 19.5 Å². The minimum absolute atomic E-state index is 0.111. The molecule has 0 radical (unpaired) electrons. The topological polar surface area (TPSA) is 32.3 Å². The molecule has 1 aliphatic carbocycles. The Hall–Kier alpha value is -0.570. The Labute approximate surface area is 66.8 Å². The average Bonchev–Trinajstić information content (AvgIpc) is 2.56. The lowest BCUT2D eigenvalue weighted by atomic mass is 9.97. The van der Waals surface area contributed by atoms with Gasteiger partial charge in [0.15, 0.2) is 0 Å². The van der Waals surface area contributed by atoms with Crippen LogP contribution >= 0.6 is 0 Å². The normalized spacial score (nSPS) is 29.7. The monoisotopic (exact) mass is 154 g/mol. The summed E-state index contributed by atoms with van der Waals surface area (Å²) in [5.41, 5.74) is -0.111. The highest BCUT2D eigenvalue weighted by atomic mass is 16.2. The van der Waals surface area contributed by atoms with Gasteiger partial charge in [-0.15, -0.1) is 0 Å². The van der Waals surface area contributed by atoms with E-state index in [1.807, 2.05) is 7.05 Å². The molecular weight excluding hydrogens is 140 g/mol. The fourth-order valence-corrected chi connectivity index (χ4v) is 2.25. The first-order valence-corrected chi connectivity index (χ1v) is 4.25. The van der Waals surface area contributed by atoms with Crippen molar-refractivity contribution in [3.8, 4) is 0 Å². The summed E-state index contributed by atoms with van der Waals surface area (Å²) in [6, 6.07) is 0. The molecule has 1 amide bonds. The highest BCUT2D eigenvalue weighted by Crippen LogP contribution is 2.36. The molecule has 0 aromatic carbocycles. The van der Waals surface area contributed by atoms with Gasteiger partial charge in [0.25, 0.3) is 0 Å². The summed E-state index contributed by atoms with van der Waals surface area (Å²) < 4.78 is 0. The van der Waals surface area contributed by atoms with E-state index < -0.39 is 0 Å². The van der Waals surface area contributed by atoms with E-state index in [4.69, 9.17) is 0 Å². The largest absolute Gasteiger partial charge is 0.342 e. The van der Waals surface area contributed by atoms with Gasteiger partial charge in [0.1, 0.15) is 5.54 Å². The maximum Gasteiger partial charge on any atom is 0.241 e. The molecule has 1 spiro atoms. The lowest BCUT2D eigenvalue weighted by molar-refractivity contribution is -0.126. The van der Waals surface area contributed by atoms with Crippen LogP contribution in [0.5, 0.6) is 0 Å². The van der Waals surface area contributed by atoms with Crippen LogP contribution in [0.2, 0.25) is 0 Å². The second-order valence-electron chi connectivity index (χ2n) is 3.60. The van der Waals surface area contributed by atoms with Crippen molar-refractivity contribution in [3.05, 3.63) is 0 Å². The van der Waals surface area contributed by atoms with Crippen molar-refractivity contribution in [2.24, 2.45) is 0 Å². The summed E-state index contributed by atoms with van der Waals surface area (Å²) in [5, 5.41) is 2.89. The minimum Gasteiger partial charge on any atom is -0.342 e. The molecule has 2 aliphatic rings. The van der Waals surface area contributed by atoms with E-state index >= 15 is 0 Å². The van der Waals surface area contributed by atoms with Crippen molar-refractivity contribution >= 4 is 5.91 Å². The van der Waals surface area contributed by atoms with Gasteiger partial charge in [0.05, 0.1) is 6.67 Å². The molecule has 3 heteroatoms. The predicted octanol–water partition coefficient (Wildman–Crippen LogP) is 0.318. The molecule has 0 aromatic heterocycles. The van der Waals surface area contributed by atoms with Gasteiger partial charge in [-0.05, 0) is 19.9 Å². The molecule has 0 bridgehead atoms. The van der Waals surface area contributed by atoms with Crippen LogP contribution in [0, 0.1) is 0 Å². The Morgan fingerprint density at radius 1 is 1.45 bits per heavy atom. The minimum atomic E-state index is -0.111. The number of amides is 1. The van der Waals surface area contributed by atoms with Crippen LogP contribution in [0.4, 0.5) is 0 Å². The second-order valence-corrected chi connectivity index (χ2v) is 3.60. The van der Waals surface area contributed by atoms with Crippen molar-refractivity contribution in [2.75, 3.05) is 13.7 Å². The number of nitrogens with one attached hydrogen (secondary N) is 1. The summed E-state index contributed by atoms with van der Waals surface area (Å²) in [5.74, 6) is 0.248. The highest BCUT2D eigenvalue weighted by molar-refractivity contribution is 5.88. The fraction of sp³-hybridized carbons (Fsp3) is 0.875. The molecule has 1 N–H and O–H groups in total. The highest BCUT2D eigenvalue weighted by Gasteiger charge is 2.48. The smallest absolute Gasteiger partial charge is 0.241 e. The van der Waals surface area contributed by atoms with Crippen molar-refractivity contribution in [1.82, 2.24) is 10.2 Å². The summed E-state index contributed by atoms with van der Waals surface area (Å²) in [4.78, 5) is 13.6. The van der Waals surface area contributed by atoms with Crippen LogP contribution in [-0.4, -0.2) is 30.1 Å². The summed E-state index contributed by atoms with van der Waals surface area (Å²) in [6.45, 7) is 0.735. The number of carbonyl (C=O) groups excluding carboxylic acids is 1. The molecule has 1 aliphatic heterocycles. The number of nitrogens with zero attached hydrogens (tertiary/aromatic N) is 1. The third-order valence-corrected chi connectivity index (χ3v) is 3.06. The van der Waals surface area contributed by atoms with Crippen LogP contribution in [-0.2, 0) is 4.79 Å². The number of carbonyl (C=O) groups is 1. The van der Waals surface area contributed by atoms with Gasteiger partial charge in [0.2, 0.25) is 5.91 Å². The molecule has 2 rings (SSSR count). The quantitative estimate of drug-likeness (QED) is 0.545. The van der Waals surface area contributed by atoms with Gasteiger partial charge in [-0.3, -0.25) is 9.69 Å². The SMILES string of the molecule is CN1CNC(=O)C12CCCC2. The first kappa shape index (κ1) is 7.10. The molecule has 62 valence electrons. The number of rotatable bonds is 0. The van der Waals surface area contributed by atoms with Crippen molar-refractivity contribution in [2.45, 2.75) is 31.2 Å². The lowest BCUT2D eigenvalue weighted by Gasteiger charge is -2.27. The van der Waals surface area contributed by atoms with E-state index in [2.05, 4.69) is 10.2 Å². The Morgan fingerprint density at radius 2 is 2.09 bits per heavy atom. The van der Waals surface area contributed by atoms with Crippen LogP contribution < -0.4 is 5.32 Å². The third-order valence-electron chi connectivity index (χ3n) is 3.06. The zero-order valence-corrected chi connectivity index (χ0v) is 6.89. The molecule has 1 heterocycles. The van der Waals surface area contributed by atoms with Crippen molar-refractivity contribution in [3.63, 3.8) is 0 Å². The number of likely N-dealkylation sites (N-methyl/N-ethyl adjacent to an activating group) is 1. The zero-order chi connectivity index (χ0) is 7.90. The van der Waals surface area contributed by atoms with Crippen molar-refractivity contribution in [1.29, 1.82) is 0 Å². The van der Waals surface area contributed by atoms with Gasteiger partial charge in [0, 0.05) is 0 Å². The second kappa shape index (κ2) is 2.21. The molecule has 1 saturated heterocycles. The first-order valence-electron chi connectivity index (χ1n) is 4.25. The van der Waals surface area contributed by atoms with Crippen molar-refractivity contribution < 1.29 is 4.79 Å². The van der Waals surface area contributed by atoms with E-state index in [9.17, 15) is 4.79 Å². The van der Waals surface area contributed by atoms with E-state index in [-0.39, 0.29) is 11.4 Å². The van der Waals surface area contributed by atoms with Gasteiger partial charge in [-0.25, -0.2) is 0 Å². The van der Waals surface area contributed by atoms with Crippen LogP contribution in [0.3, 0.4) is 0 Å². The molecule has 0 atom stereocenters. The van der Waals surface area contributed by atoms with E-state index in [1.54, 1.807) is 0 Å². The zero-order valence-electron chi connectivity index (χ0n) is 6.89. The summed E-state index contributed by atoms with van der Waals surface area (Å²) >= 11 is 0. The van der Waals surface area contributed by atoms with Crippen LogP contribution in [0.25, 0.3) is 0 Å². The first-order chi connectivity index (χ1) is 5.26. The molecule has 0 aromatic rings. The molecule has 11 heavy (non-hydrogen) atoms. The molecular formula is C8H14N2O. The third kappa shape index (κ3) is 0.805. The average molecular weight is 154 g/mol. The van der Waals surface area contributed by atoms with Gasteiger partial charge < -0.3 is 5.32 Å². The maximum atomic E-state index is 11.5. The van der Waals surface area contributed by atoms with E-state index in [0.29, 0.717) is 0 Å². The van der Waals surface area contributed by atoms with Crippen LogP contribution in [0.15, 0.2) is 0 Å². The van der Waals surface area contributed by atoms with E-state index in [1.165, 1.54) is 12.8 Å². The molecule has 1 saturated carbocycles. The fourth-order valence-electron chi connectivity index (χ4n) is 2.25. The predicted molar refractivity (Wildman–Crippen MR) is 42.0 cm³/mol. The summed E-state index contributed by atoms with van der Waals surface area (Å²) in [6.07, 6.45) is 4.51. The summed E-state index contributed by atoms with van der Waals surface area (Å²) in [7, 11) is 2.03. The standard InChI is InChI=1S/C8H14N2O/c1-10-6-9-7(11)8(10)4-2-3-5-8/h2-6H2,1H3,(H,9,11). The molecule has 3 nitrogen and oxygen atoms in total. The maximum absolute atomic E-state index is 11.5. The Kier molecular flexibility index (Phi) is 1.42. The van der Waals surface area contributed by atoms with Gasteiger partial charge >= 0.3 is 0 Å². The lowest BCUT2D eigenvalue weighted by Crippen LogP contribution is -2.44. The Morgan fingerprint density at radius 3 is 2.55 bits per heavy atom. The van der Waals surface area contributed by atoms with Crippen LogP contribution in [0.1, 0.15) is 25.7 Å². The van der Waals surface area contributed by atoms with Gasteiger partial charge in [-0.2, -0.15) is 0 Å². The molecule has 0 unspecified atom stereocenters. The Bertz CT molecular complexity index is 185. The number of hydrogen-bond acceptors (Lipinski definition) is 2. The van der Waals surface area contributed by atoms with Gasteiger partial charge in [-0.1, -0.05) is 12.8 Å².